The van der Waals surface area contributed by atoms with E-state index in [1.807, 2.05) is 24.3 Å². The number of nitrogens with zero attached hydrogens (tertiary/aromatic N) is 1. The van der Waals surface area contributed by atoms with Crippen molar-refractivity contribution < 1.29 is 14.0 Å². The summed E-state index contributed by atoms with van der Waals surface area (Å²) in [6.07, 6.45) is 1.53. The molecule has 0 bridgehead atoms. The molecule has 2 aromatic carbocycles. The first kappa shape index (κ1) is 17.8. The van der Waals surface area contributed by atoms with Gasteiger partial charge in [-0.2, -0.15) is 5.10 Å². The van der Waals surface area contributed by atoms with Crippen LogP contribution in [0.4, 0.5) is 10.1 Å². The van der Waals surface area contributed by atoms with Gasteiger partial charge in [-0.05, 0) is 42.0 Å². The van der Waals surface area contributed by atoms with Crippen molar-refractivity contribution in [3.05, 3.63) is 64.4 Å². The number of amides is 2. The molecule has 0 unspecified atom stereocenters. The van der Waals surface area contributed by atoms with Gasteiger partial charge in [0, 0.05) is 23.0 Å². The van der Waals surface area contributed by atoms with E-state index in [1.165, 1.54) is 30.5 Å². The van der Waals surface area contributed by atoms with Gasteiger partial charge in [0.2, 0.25) is 11.8 Å². The molecule has 0 fully saturated rings. The van der Waals surface area contributed by atoms with Crippen LogP contribution in [0.2, 0.25) is 0 Å². The van der Waals surface area contributed by atoms with Crippen LogP contribution in [-0.4, -0.2) is 18.0 Å². The van der Waals surface area contributed by atoms with Crippen molar-refractivity contribution in [3.63, 3.8) is 0 Å². The molecular formula is C17H15BrFN3O2. The summed E-state index contributed by atoms with van der Waals surface area (Å²) in [5, 5.41) is 6.41. The van der Waals surface area contributed by atoms with Crippen molar-refractivity contribution in [2.75, 3.05) is 5.32 Å². The molecular weight excluding hydrogens is 377 g/mol. The lowest BCUT2D eigenvalue weighted by atomic mass is 10.2. The number of carbonyl (C=O) groups is 2. The third-order valence-corrected chi connectivity index (χ3v) is 3.51. The van der Waals surface area contributed by atoms with Gasteiger partial charge in [-0.1, -0.05) is 28.1 Å². The van der Waals surface area contributed by atoms with Gasteiger partial charge in [0.1, 0.15) is 5.82 Å². The minimum atomic E-state index is -0.379. The number of halogens is 2. The number of nitrogens with one attached hydrogen (secondary N) is 2. The van der Waals surface area contributed by atoms with E-state index in [2.05, 4.69) is 31.8 Å². The third-order valence-electron chi connectivity index (χ3n) is 2.98. The highest BCUT2D eigenvalue weighted by Gasteiger charge is 2.06. The van der Waals surface area contributed by atoms with Crippen molar-refractivity contribution >= 4 is 39.6 Å². The van der Waals surface area contributed by atoms with Crippen molar-refractivity contribution in [2.45, 2.75) is 12.8 Å². The van der Waals surface area contributed by atoms with E-state index in [9.17, 15) is 14.0 Å². The molecule has 0 aliphatic heterocycles. The zero-order valence-electron chi connectivity index (χ0n) is 12.6. The smallest absolute Gasteiger partial charge is 0.240 e. The molecule has 0 aliphatic carbocycles. The fourth-order valence-corrected chi connectivity index (χ4v) is 2.03. The number of rotatable bonds is 6. The third kappa shape index (κ3) is 6.29. The lowest BCUT2D eigenvalue weighted by Gasteiger charge is -2.04. The van der Waals surface area contributed by atoms with Crippen LogP contribution in [0.5, 0.6) is 0 Å². The Hall–Kier alpha value is -2.54. The Balaban J connectivity index is 1.71. The minimum absolute atomic E-state index is 0.00467. The molecule has 5 nitrogen and oxygen atoms in total. The molecule has 0 saturated heterocycles. The molecule has 0 spiro atoms. The number of hydrogen-bond acceptors (Lipinski definition) is 3. The Bertz CT molecular complexity index is 731. The zero-order chi connectivity index (χ0) is 17.4. The van der Waals surface area contributed by atoms with Gasteiger partial charge in [0.05, 0.1) is 6.21 Å². The molecule has 0 radical (unpaired) electrons. The van der Waals surface area contributed by atoms with E-state index >= 15 is 0 Å². The summed E-state index contributed by atoms with van der Waals surface area (Å²) in [4.78, 5) is 23.3. The quantitative estimate of drug-likeness (QED) is 0.584. The van der Waals surface area contributed by atoms with E-state index in [0.717, 1.165) is 10.0 Å². The average Bonchev–Trinajstić information content (AvgIpc) is 2.57. The Morgan fingerprint density at radius 3 is 2.29 bits per heavy atom. The minimum Gasteiger partial charge on any atom is -0.326 e. The average molecular weight is 392 g/mol. The van der Waals surface area contributed by atoms with Crippen molar-refractivity contribution in [1.82, 2.24) is 5.43 Å². The number of hydrazone groups is 1. The summed E-state index contributed by atoms with van der Waals surface area (Å²) >= 11 is 3.33. The second kappa shape index (κ2) is 8.93. The molecule has 0 heterocycles. The molecule has 0 aliphatic rings. The monoisotopic (exact) mass is 391 g/mol. The first-order chi connectivity index (χ1) is 11.5. The molecule has 2 N–H and O–H groups in total. The van der Waals surface area contributed by atoms with Crippen LogP contribution in [-0.2, 0) is 9.59 Å². The second-order valence-electron chi connectivity index (χ2n) is 4.90. The fourth-order valence-electron chi connectivity index (χ4n) is 1.77. The zero-order valence-corrected chi connectivity index (χ0v) is 14.2. The molecule has 2 aromatic rings. The lowest BCUT2D eigenvalue weighted by Crippen LogP contribution is -2.20. The van der Waals surface area contributed by atoms with Crippen LogP contribution in [0.3, 0.4) is 0 Å². The van der Waals surface area contributed by atoms with E-state index in [0.29, 0.717) is 5.69 Å². The van der Waals surface area contributed by atoms with Gasteiger partial charge < -0.3 is 5.32 Å². The largest absolute Gasteiger partial charge is 0.326 e. The normalized spacial score (nSPS) is 10.6. The maximum absolute atomic E-state index is 12.8. The SMILES string of the molecule is O=C(CCC(=O)Nc1ccc(F)cc1)N/N=C/c1ccc(Br)cc1. The van der Waals surface area contributed by atoms with Gasteiger partial charge in [-0.15, -0.1) is 0 Å². The van der Waals surface area contributed by atoms with Gasteiger partial charge in [0.15, 0.2) is 0 Å². The second-order valence-corrected chi connectivity index (χ2v) is 5.82. The van der Waals surface area contributed by atoms with E-state index in [4.69, 9.17) is 0 Å². The van der Waals surface area contributed by atoms with Crippen LogP contribution in [0.25, 0.3) is 0 Å². The van der Waals surface area contributed by atoms with Gasteiger partial charge in [-0.3, -0.25) is 9.59 Å². The maximum Gasteiger partial charge on any atom is 0.240 e. The highest BCUT2D eigenvalue weighted by molar-refractivity contribution is 9.10. The first-order valence-electron chi connectivity index (χ1n) is 7.16. The highest BCUT2D eigenvalue weighted by atomic mass is 79.9. The summed E-state index contributed by atoms with van der Waals surface area (Å²) < 4.78 is 13.7. The first-order valence-corrected chi connectivity index (χ1v) is 7.95. The summed E-state index contributed by atoms with van der Waals surface area (Å²) in [5.41, 5.74) is 3.68. The molecule has 2 rings (SSSR count). The predicted octanol–water partition coefficient (Wildman–Crippen LogP) is 3.46. The number of benzene rings is 2. The number of carbonyl (C=O) groups excluding carboxylic acids is 2. The van der Waals surface area contributed by atoms with E-state index < -0.39 is 0 Å². The summed E-state index contributed by atoms with van der Waals surface area (Å²) in [6.45, 7) is 0. The molecule has 2 amide bonds. The molecule has 124 valence electrons. The van der Waals surface area contributed by atoms with Crippen molar-refractivity contribution in [1.29, 1.82) is 0 Å². The number of anilines is 1. The Kier molecular flexibility index (Phi) is 6.62. The topological polar surface area (TPSA) is 70.6 Å². The molecule has 24 heavy (non-hydrogen) atoms. The van der Waals surface area contributed by atoms with Crippen molar-refractivity contribution in [2.24, 2.45) is 5.10 Å². The van der Waals surface area contributed by atoms with E-state index in [1.54, 1.807) is 0 Å². The summed E-state index contributed by atoms with van der Waals surface area (Å²) in [6, 6.07) is 12.8. The maximum atomic E-state index is 12.8. The van der Waals surface area contributed by atoms with Crippen LogP contribution < -0.4 is 10.7 Å². The Morgan fingerprint density at radius 2 is 1.62 bits per heavy atom. The summed E-state index contributed by atoms with van der Waals surface area (Å²) in [5.74, 6) is -1.07. The van der Waals surface area contributed by atoms with Crippen LogP contribution in [0, 0.1) is 5.82 Å². The lowest BCUT2D eigenvalue weighted by molar-refractivity contribution is -0.124. The standard InChI is InChI=1S/C17H15BrFN3O2/c18-13-3-1-12(2-4-13)11-20-22-17(24)10-9-16(23)21-15-7-5-14(19)6-8-15/h1-8,11H,9-10H2,(H,21,23)(H,22,24)/b20-11+. The van der Waals surface area contributed by atoms with Gasteiger partial charge in [-0.25, -0.2) is 9.82 Å². The Labute approximate surface area is 147 Å². The Morgan fingerprint density at radius 1 is 1.00 bits per heavy atom. The van der Waals surface area contributed by atoms with E-state index in [-0.39, 0.29) is 30.5 Å². The highest BCUT2D eigenvalue weighted by Crippen LogP contribution is 2.09. The fraction of sp³-hybridized carbons (Fsp3) is 0.118. The predicted molar refractivity (Wildman–Crippen MR) is 94.1 cm³/mol. The molecule has 0 atom stereocenters. The number of hydrogen-bond donors (Lipinski definition) is 2. The molecule has 0 saturated carbocycles. The molecule has 7 heteroatoms. The van der Waals surface area contributed by atoms with Crippen LogP contribution in [0.15, 0.2) is 58.1 Å². The van der Waals surface area contributed by atoms with Crippen molar-refractivity contribution in [3.8, 4) is 0 Å². The molecule has 0 aromatic heterocycles. The van der Waals surface area contributed by atoms with Gasteiger partial charge in [0.25, 0.3) is 0 Å². The van der Waals surface area contributed by atoms with Crippen LogP contribution in [0.1, 0.15) is 18.4 Å². The van der Waals surface area contributed by atoms with Crippen LogP contribution >= 0.6 is 15.9 Å². The summed E-state index contributed by atoms with van der Waals surface area (Å²) in [7, 11) is 0. The van der Waals surface area contributed by atoms with Gasteiger partial charge >= 0.3 is 0 Å².